The van der Waals surface area contributed by atoms with Crippen molar-refractivity contribution < 1.29 is 44.4 Å². The Kier molecular flexibility index (Phi) is 11.2. The van der Waals surface area contributed by atoms with Crippen LogP contribution in [0.1, 0.15) is 0 Å². The Bertz CT molecular complexity index is 556. The maximum absolute atomic E-state index is 12.0. The largest absolute Gasteiger partial charge is 0.480 e. The molecular weight excluding hydrogens is 370 g/mol. The molecule has 0 rings (SSSR count). The third-order valence-corrected chi connectivity index (χ3v) is 3.06. The number of carboxylic acids is 1. The maximum Gasteiger partial charge on any atom is 0.322 e. The van der Waals surface area contributed by atoms with Crippen LogP contribution in [0.25, 0.3) is 0 Å². The van der Waals surface area contributed by atoms with E-state index < -0.39 is 80.6 Å². The molecule has 27 heavy (non-hydrogen) atoms. The number of aliphatic hydroxyl groups is 3. The number of carbonyl (C=O) groups excluding carboxylic acids is 4. The number of rotatable bonds is 12. The van der Waals surface area contributed by atoms with Gasteiger partial charge >= 0.3 is 5.97 Å². The second-order valence-corrected chi connectivity index (χ2v) is 5.11. The highest BCUT2D eigenvalue weighted by atomic mass is 16.4. The normalized spacial score (nSPS) is 13.6. The van der Waals surface area contributed by atoms with Gasteiger partial charge in [0, 0.05) is 0 Å². The highest BCUT2D eigenvalue weighted by molar-refractivity contribution is 5.94. The summed E-state index contributed by atoms with van der Waals surface area (Å²) in [7, 11) is 0. The van der Waals surface area contributed by atoms with Gasteiger partial charge in [-0.2, -0.15) is 0 Å². The molecule has 14 nitrogen and oxygen atoms in total. The number of aliphatic hydroxyl groups excluding tert-OH is 3. The Morgan fingerprint density at radius 2 is 1.15 bits per heavy atom. The number of hydrogen-bond donors (Lipinski definition) is 9. The highest BCUT2D eigenvalue weighted by Gasteiger charge is 2.28. The summed E-state index contributed by atoms with van der Waals surface area (Å²) in [4.78, 5) is 57.2. The third-order valence-electron chi connectivity index (χ3n) is 3.06. The standard InChI is InChI=1S/C13H23N5O9/c14-1-9(22)16-7(4-20)12(26)18-8(5-21)13(27)17-6(3-19)11(25)15-2-10(23)24/h6-8,19-21H,1-5,14H2,(H,15,25)(H,16,22)(H,17,27)(H,18,26)(H,23,24)/t6-,7-,8-/m0/s1. The van der Waals surface area contributed by atoms with Crippen LogP contribution in [-0.2, 0) is 24.0 Å². The first-order valence-corrected chi connectivity index (χ1v) is 7.62. The molecule has 0 unspecified atom stereocenters. The van der Waals surface area contributed by atoms with Crippen LogP contribution in [0.15, 0.2) is 0 Å². The molecule has 0 aromatic rings. The Balaban J connectivity index is 4.87. The fourth-order valence-corrected chi connectivity index (χ4v) is 1.67. The molecule has 0 fully saturated rings. The van der Waals surface area contributed by atoms with E-state index in [4.69, 9.17) is 21.1 Å². The Morgan fingerprint density at radius 1 is 0.741 bits per heavy atom. The molecule has 0 aliphatic carbocycles. The summed E-state index contributed by atoms with van der Waals surface area (Å²) in [5, 5.41) is 44.0. The summed E-state index contributed by atoms with van der Waals surface area (Å²) in [6, 6.07) is -4.55. The van der Waals surface area contributed by atoms with Crippen molar-refractivity contribution in [3.63, 3.8) is 0 Å². The van der Waals surface area contributed by atoms with Gasteiger partial charge in [-0.3, -0.25) is 24.0 Å². The van der Waals surface area contributed by atoms with E-state index in [1.807, 2.05) is 16.0 Å². The van der Waals surface area contributed by atoms with Crippen LogP contribution < -0.4 is 27.0 Å². The van der Waals surface area contributed by atoms with E-state index in [1.54, 1.807) is 0 Å². The molecule has 3 atom stereocenters. The number of nitrogens with two attached hydrogens (primary N) is 1. The van der Waals surface area contributed by atoms with Crippen molar-refractivity contribution in [2.75, 3.05) is 32.9 Å². The molecule has 0 aliphatic heterocycles. The molecule has 0 heterocycles. The van der Waals surface area contributed by atoms with Gasteiger partial charge in [0.2, 0.25) is 23.6 Å². The molecule has 0 spiro atoms. The predicted octanol–water partition coefficient (Wildman–Crippen LogP) is -6.42. The topological polar surface area (TPSA) is 240 Å². The molecule has 10 N–H and O–H groups in total. The minimum Gasteiger partial charge on any atom is -0.480 e. The van der Waals surface area contributed by atoms with Crippen molar-refractivity contribution in [3.8, 4) is 0 Å². The van der Waals surface area contributed by atoms with Crippen LogP contribution in [-0.4, -0.2) is 101 Å². The summed E-state index contributed by atoms with van der Waals surface area (Å²) in [5.74, 6) is -5.17. The van der Waals surface area contributed by atoms with Gasteiger partial charge in [-0.1, -0.05) is 0 Å². The SMILES string of the molecule is NCC(=O)N[C@@H](CO)C(=O)N[C@@H](CO)C(=O)N[C@@H](CO)C(=O)NCC(=O)O. The zero-order valence-corrected chi connectivity index (χ0v) is 14.2. The van der Waals surface area contributed by atoms with Crippen molar-refractivity contribution in [2.45, 2.75) is 18.1 Å². The molecule has 0 radical (unpaired) electrons. The minimum atomic E-state index is -1.58. The first-order valence-electron chi connectivity index (χ1n) is 7.62. The lowest BCUT2D eigenvalue weighted by Crippen LogP contribution is -2.59. The van der Waals surface area contributed by atoms with Crippen molar-refractivity contribution in [2.24, 2.45) is 5.73 Å². The lowest BCUT2D eigenvalue weighted by molar-refractivity contribution is -0.139. The van der Waals surface area contributed by atoms with E-state index >= 15 is 0 Å². The lowest BCUT2D eigenvalue weighted by Gasteiger charge is -2.22. The zero-order valence-electron chi connectivity index (χ0n) is 14.2. The Morgan fingerprint density at radius 3 is 1.52 bits per heavy atom. The Labute approximate surface area is 153 Å². The summed E-state index contributed by atoms with van der Waals surface area (Å²) in [5.41, 5.74) is 5.06. The number of carbonyl (C=O) groups is 5. The fourth-order valence-electron chi connectivity index (χ4n) is 1.67. The van der Waals surface area contributed by atoms with Crippen LogP contribution in [0.3, 0.4) is 0 Å². The number of hydrogen-bond acceptors (Lipinski definition) is 9. The van der Waals surface area contributed by atoms with E-state index in [9.17, 15) is 29.1 Å². The van der Waals surface area contributed by atoms with E-state index in [-0.39, 0.29) is 0 Å². The summed E-state index contributed by atoms with van der Waals surface area (Å²) < 4.78 is 0. The minimum absolute atomic E-state index is 0.447. The van der Waals surface area contributed by atoms with Gasteiger partial charge in [0.25, 0.3) is 0 Å². The lowest BCUT2D eigenvalue weighted by atomic mass is 10.2. The van der Waals surface area contributed by atoms with Gasteiger partial charge in [0.15, 0.2) is 0 Å². The predicted molar refractivity (Wildman–Crippen MR) is 86.7 cm³/mol. The number of aliphatic carboxylic acids is 1. The first-order chi connectivity index (χ1) is 12.7. The smallest absolute Gasteiger partial charge is 0.322 e. The molecule has 0 bridgehead atoms. The van der Waals surface area contributed by atoms with Crippen LogP contribution in [0.4, 0.5) is 0 Å². The number of carboxylic acid groups (broad SMARTS) is 1. The van der Waals surface area contributed by atoms with Crippen molar-refractivity contribution >= 4 is 29.6 Å². The summed E-state index contributed by atoms with van der Waals surface area (Å²) in [6.45, 7) is -3.79. The number of nitrogens with one attached hydrogen (secondary N) is 4. The van der Waals surface area contributed by atoms with Gasteiger partial charge in [-0.25, -0.2) is 0 Å². The maximum atomic E-state index is 12.0. The molecule has 14 heteroatoms. The highest BCUT2D eigenvalue weighted by Crippen LogP contribution is 1.92. The van der Waals surface area contributed by atoms with Crippen LogP contribution in [0, 0.1) is 0 Å². The van der Waals surface area contributed by atoms with Gasteiger partial charge in [-0.15, -0.1) is 0 Å². The van der Waals surface area contributed by atoms with E-state index in [0.29, 0.717) is 0 Å². The Hall–Kier alpha value is -2.81. The average Bonchev–Trinajstić information content (AvgIpc) is 2.65. The average molecular weight is 393 g/mol. The molecule has 0 saturated heterocycles. The fraction of sp³-hybridized carbons (Fsp3) is 0.615. The quantitative estimate of drug-likeness (QED) is 0.152. The van der Waals surface area contributed by atoms with Gasteiger partial charge in [0.1, 0.15) is 24.7 Å². The van der Waals surface area contributed by atoms with Crippen LogP contribution in [0.5, 0.6) is 0 Å². The third kappa shape index (κ3) is 8.91. The summed E-state index contributed by atoms with van der Waals surface area (Å²) >= 11 is 0. The zero-order chi connectivity index (χ0) is 21.0. The second-order valence-electron chi connectivity index (χ2n) is 5.11. The monoisotopic (exact) mass is 393 g/mol. The molecule has 4 amide bonds. The van der Waals surface area contributed by atoms with Crippen molar-refractivity contribution in [1.29, 1.82) is 0 Å². The molecular formula is C13H23N5O9. The van der Waals surface area contributed by atoms with E-state index in [1.165, 1.54) is 0 Å². The van der Waals surface area contributed by atoms with Gasteiger partial charge in [0.05, 0.1) is 26.4 Å². The molecule has 0 aromatic carbocycles. The number of amides is 4. The molecule has 0 aromatic heterocycles. The van der Waals surface area contributed by atoms with Crippen LogP contribution >= 0.6 is 0 Å². The van der Waals surface area contributed by atoms with Gasteiger partial charge in [-0.05, 0) is 0 Å². The van der Waals surface area contributed by atoms with Crippen molar-refractivity contribution in [1.82, 2.24) is 21.3 Å². The van der Waals surface area contributed by atoms with Crippen molar-refractivity contribution in [3.05, 3.63) is 0 Å². The molecule has 0 saturated carbocycles. The van der Waals surface area contributed by atoms with E-state index in [2.05, 4.69) is 5.32 Å². The van der Waals surface area contributed by atoms with E-state index in [0.717, 1.165) is 0 Å². The summed E-state index contributed by atoms with van der Waals surface area (Å²) in [6.07, 6.45) is 0. The molecule has 0 aliphatic rings. The first kappa shape index (κ1) is 24.2. The van der Waals surface area contributed by atoms with Crippen LogP contribution in [0.2, 0.25) is 0 Å². The second kappa shape index (κ2) is 12.5. The van der Waals surface area contributed by atoms with Gasteiger partial charge < -0.3 is 47.4 Å². The molecule has 154 valence electrons.